The maximum Gasteiger partial charge on any atom is 0.500 e. The van der Waals surface area contributed by atoms with Gasteiger partial charge in [-0.25, -0.2) is 4.58 Å². The van der Waals surface area contributed by atoms with Crippen molar-refractivity contribution in [1.82, 2.24) is 4.58 Å². The highest BCUT2D eigenvalue weighted by molar-refractivity contribution is 7.86. The fraction of sp³-hybridized carbons (Fsp3) is 0.286. The lowest BCUT2D eigenvalue weighted by Crippen LogP contribution is -2.43. The topological polar surface area (TPSA) is 101 Å². The molecular weight excluding hydrogens is 621 g/mol. The van der Waals surface area contributed by atoms with Crippen LogP contribution in [0.5, 0.6) is 0 Å². The lowest BCUT2D eigenvalue weighted by molar-refractivity contribution is 0.123. The standard InChI is InChI=1S/C35H40N2O7SSi/c1-7-37(31-15-10-8-13-25(31)2)27-18-20-29-33(24-27)44-32-23-26(36(3)21-12-22-46(41-4,42-5)43-6)17-19-28(32)35(29)30-14-9-11-16-34(30)45(38,39)40/h8-11,13-20,23-24H,7,12,21-22H2,1-6H3/p+1. The molecule has 0 fully saturated rings. The Hall–Kier alpha value is -3.84. The SMILES string of the molecule is CCN(c1ccc2c(-c3ccccc3S(=O)(=O)O)c3ccc(=[N+](C)CCC[Si](OC)(OC)OC)cc-3oc2c1)c1ccccc1C. The molecule has 46 heavy (non-hydrogen) atoms. The van der Waals surface area contributed by atoms with Crippen LogP contribution in [0.25, 0.3) is 33.4 Å². The van der Waals surface area contributed by atoms with Crippen LogP contribution in [-0.2, 0) is 23.4 Å². The molecule has 242 valence electrons. The summed E-state index contributed by atoms with van der Waals surface area (Å²) in [4.78, 5) is 2.06. The third kappa shape index (κ3) is 6.66. The molecule has 0 atom stereocenters. The molecule has 0 bridgehead atoms. The summed E-state index contributed by atoms with van der Waals surface area (Å²) in [6, 6.07) is 27.3. The molecule has 0 amide bonds. The number of anilines is 2. The van der Waals surface area contributed by atoms with Gasteiger partial charge in [-0.3, -0.25) is 4.55 Å². The van der Waals surface area contributed by atoms with Crippen molar-refractivity contribution in [2.75, 3.05) is 46.4 Å². The molecule has 3 aromatic carbocycles. The Morgan fingerprint density at radius 1 is 0.891 bits per heavy atom. The van der Waals surface area contributed by atoms with Gasteiger partial charge in [0.2, 0.25) is 5.36 Å². The Morgan fingerprint density at radius 2 is 1.59 bits per heavy atom. The van der Waals surface area contributed by atoms with Crippen LogP contribution in [-0.4, -0.2) is 63.2 Å². The van der Waals surface area contributed by atoms with E-state index in [1.165, 1.54) is 6.07 Å². The lowest BCUT2D eigenvalue weighted by atomic mass is 9.93. The van der Waals surface area contributed by atoms with Crippen molar-refractivity contribution in [1.29, 1.82) is 0 Å². The van der Waals surface area contributed by atoms with Crippen LogP contribution in [0.1, 0.15) is 18.9 Å². The molecule has 5 rings (SSSR count). The highest BCUT2D eigenvalue weighted by Crippen LogP contribution is 2.43. The number of rotatable bonds is 12. The number of para-hydroxylation sites is 1. The number of benzene rings is 4. The summed E-state index contributed by atoms with van der Waals surface area (Å²) in [6.07, 6.45) is 0.785. The van der Waals surface area contributed by atoms with E-state index >= 15 is 0 Å². The molecule has 9 nitrogen and oxygen atoms in total. The van der Waals surface area contributed by atoms with Gasteiger partial charge in [0.1, 0.15) is 29.8 Å². The zero-order chi connectivity index (χ0) is 33.1. The molecule has 11 heteroatoms. The fourth-order valence-corrected chi connectivity index (χ4v) is 8.44. The summed E-state index contributed by atoms with van der Waals surface area (Å²) in [6.45, 7) is 5.63. The number of fused-ring (bicyclic) bond motifs is 2. The maximum absolute atomic E-state index is 12.5. The first-order chi connectivity index (χ1) is 22.1. The van der Waals surface area contributed by atoms with Gasteiger partial charge in [0.15, 0.2) is 0 Å². The molecule has 0 aromatic heterocycles. The van der Waals surface area contributed by atoms with Crippen molar-refractivity contribution in [2.45, 2.75) is 31.2 Å². The van der Waals surface area contributed by atoms with E-state index in [-0.39, 0.29) is 4.90 Å². The number of aryl methyl sites for hydroxylation is 1. The predicted molar refractivity (Wildman–Crippen MR) is 184 cm³/mol. The van der Waals surface area contributed by atoms with E-state index in [0.29, 0.717) is 35.1 Å². The van der Waals surface area contributed by atoms with Crippen LogP contribution in [0.4, 0.5) is 11.4 Å². The second-order valence-corrected chi connectivity index (χ2v) is 15.6. The minimum Gasteiger partial charge on any atom is -0.456 e. The quantitative estimate of drug-likeness (QED) is 0.0692. The van der Waals surface area contributed by atoms with Crippen LogP contribution in [0, 0.1) is 6.92 Å². The number of nitrogens with zero attached hydrogens (tertiary/aromatic N) is 2. The fourth-order valence-electron chi connectivity index (χ4n) is 6.04. The second-order valence-electron chi connectivity index (χ2n) is 11.2. The van der Waals surface area contributed by atoms with E-state index in [1.54, 1.807) is 39.5 Å². The van der Waals surface area contributed by atoms with E-state index < -0.39 is 18.9 Å². The van der Waals surface area contributed by atoms with Gasteiger partial charge in [-0.2, -0.15) is 8.42 Å². The van der Waals surface area contributed by atoms with Crippen LogP contribution in [0.15, 0.2) is 94.2 Å². The number of hydrogen-bond donors (Lipinski definition) is 1. The van der Waals surface area contributed by atoms with Gasteiger partial charge in [-0.1, -0.05) is 36.4 Å². The molecule has 2 aliphatic rings. The Labute approximate surface area is 271 Å². The zero-order valence-corrected chi connectivity index (χ0v) is 28.9. The van der Waals surface area contributed by atoms with Gasteiger partial charge in [0.05, 0.1) is 6.07 Å². The first-order valence-electron chi connectivity index (χ1n) is 15.2. The van der Waals surface area contributed by atoms with E-state index in [4.69, 9.17) is 17.7 Å². The Balaban J connectivity index is 1.71. The smallest absolute Gasteiger partial charge is 0.456 e. The van der Waals surface area contributed by atoms with E-state index in [2.05, 4.69) is 35.5 Å². The van der Waals surface area contributed by atoms with Crippen LogP contribution < -0.4 is 14.8 Å². The van der Waals surface area contributed by atoms with E-state index in [9.17, 15) is 13.0 Å². The van der Waals surface area contributed by atoms with Crippen LogP contribution in [0.3, 0.4) is 0 Å². The molecule has 3 aromatic rings. The predicted octanol–water partition coefficient (Wildman–Crippen LogP) is 6.59. The van der Waals surface area contributed by atoms with Gasteiger partial charge in [-0.05, 0) is 49.7 Å². The first-order valence-corrected chi connectivity index (χ1v) is 18.5. The van der Waals surface area contributed by atoms with Crippen molar-refractivity contribution in [3.8, 4) is 22.5 Å². The largest absolute Gasteiger partial charge is 0.500 e. The van der Waals surface area contributed by atoms with Gasteiger partial charge in [-0.15, -0.1) is 0 Å². The highest BCUT2D eigenvalue weighted by atomic mass is 32.2. The van der Waals surface area contributed by atoms with E-state index in [0.717, 1.165) is 46.2 Å². The minimum absolute atomic E-state index is 0.161. The van der Waals surface area contributed by atoms with Crippen molar-refractivity contribution in [2.24, 2.45) is 0 Å². The monoisotopic (exact) mass is 661 g/mol. The van der Waals surface area contributed by atoms with Crippen molar-refractivity contribution < 1.29 is 30.7 Å². The highest BCUT2D eigenvalue weighted by Gasteiger charge is 2.37. The molecule has 1 heterocycles. The molecule has 0 spiro atoms. The molecule has 1 aliphatic carbocycles. The lowest BCUT2D eigenvalue weighted by Gasteiger charge is -2.26. The summed E-state index contributed by atoms with van der Waals surface area (Å²) >= 11 is 0. The first kappa shape index (κ1) is 33.5. The molecule has 0 unspecified atom stereocenters. The van der Waals surface area contributed by atoms with Crippen LogP contribution >= 0.6 is 0 Å². The summed E-state index contributed by atoms with van der Waals surface area (Å²) in [5.41, 5.74) is 5.57. The Morgan fingerprint density at radius 3 is 2.26 bits per heavy atom. The minimum atomic E-state index is -4.51. The third-order valence-corrected chi connectivity index (χ3v) is 12.3. The van der Waals surface area contributed by atoms with Crippen molar-refractivity contribution in [3.05, 3.63) is 95.8 Å². The third-order valence-electron chi connectivity index (χ3n) is 8.51. The second kappa shape index (κ2) is 13.9. The summed E-state index contributed by atoms with van der Waals surface area (Å²) < 4.78 is 60.8. The summed E-state index contributed by atoms with van der Waals surface area (Å²) in [5, 5.41) is 1.66. The average Bonchev–Trinajstić information content (AvgIpc) is 3.06. The molecular formula is C35H41N2O7SSi+. The average molecular weight is 662 g/mol. The van der Waals surface area contributed by atoms with E-state index in [1.807, 2.05) is 55.6 Å². The summed E-state index contributed by atoms with van der Waals surface area (Å²) in [5.74, 6) is 0.586. The van der Waals surface area contributed by atoms with Crippen LogP contribution in [0.2, 0.25) is 6.04 Å². The van der Waals surface area contributed by atoms with Crippen molar-refractivity contribution in [3.63, 3.8) is 0 Å². The zero-order valence-electron chi connectivity index (χ0n) is 27.1. The molecule has 1 N–H and O–H groups in total. The maximum atomic E-state index is 12.5. The number of hydrogen-bond acceptors (Lipinski definition) is 7. The van der Waals surface area contributed by atoms with Gasteiger partial charge in [0.25, 0.3) is 10.1 Å². The Bertz CT molecular complexity index is 2000. The molecule has 1 aliphatic heterocycles. The molecule has 0 saturated heterocycles. The van der Waals surface area contributed by atoms with Gasteiger partial charge < -0.3 is 22.6 Å². The molecule has 0 saturated carbocycles. The Kier molecular flexibility index (Phi) is 10.1. The van der Waals surface area contributed by atoms with Crippen molar-refractivity contribution >= 4 is 41.3 Å². The van der Waals surface area contributed by atoms with Gasteiger partial charge >= 0.3 is 8.80 Å². The molecule has 0 radical (unpaired) electrons. The summed E-state index contributed by atoms with van der Waals surface area (Å²) in [7, 11) is -0.356. The normalized spacial score (nSPS) is 12.9. The van der Waals surface area contributed by atoms with Gasteiger partial charge in [0, 0.05) is 85.9 Å².